The number of carbonyl (C=O) groups is 1. The molecule has 1 aromatic carbocycles. The Morgan fingerprint density at radius 3 is 2.67 bits per heavy atom. The highest BCUT2D eigenvalue weighted by Crippen LogP contribution is 2.30. The van der Waals surface area contributed by atoms with Crippen molar-refractivity contribution in [1.82, 2.24) is 20.1 Å². The number of nitrogens with one attached hydrogen (secondary N) is 1. The van der Waals surface area contributed by atoms with E-state index in [4.69, 9.17) is 4.74 Å². The Morgan fingerprint density at radius 1 is 1.26 bits per heavy atom. The Labute approximate surface area is 162 Å². The second-order valence-corrected chi connectivity index (χ2v) is 7.93. The Bertz CT molecular complexity index is 792. The van der Waals surface area contributed by atoms with Crippen LogP contribution >= 0.6 is 11.8 Å². The number of hydrogen-bond acceptors (Lipinski definition) is 6. The van der Waals surface area contributed by atoms with Crippen molar-refractivity contribution < 1.29 is 13.9 Å². The lowest BCUT2D eigenvalue weighted by molar-refractivity contribution is -0.120. The minimum absolute atomic E-state index is 0.0607. The number of benzene rings is 1. The molecule has 1 amide bonds. The molecule has 2 heterocycles. The second-order valence-electron chi connectivity index (χ2n) is 6.62. The van der Waals surface area contributed by atoms with Crippen molar-refractivity contribution >= 4 is 23.6 Å². The molecule has 0 bridgehead atoms. The Hall–Kier alpha value is -2.13. The molecule has 146 valence electrons. The van der Waals surface area contributed by atoms with E-state index >= 15 is 0 Å². The number of nitrogens with zero attached hydrogens (tertiary/aromatic N) is 4. The molecule has 9 heteroatoms. The van der Waals surface area contributed by atoms with E-state index < -0.39 is 0 Å². The maximum absolute atomic E-state index is 13.8. The minimum Gasteiger partial charge on any atom is -0.378 e. The topological polar surface area (TPSA) is 72.3 Å². The Balaban J connectivity index is 1.93. The normalized spacial score (nSPS) is 15.8. The van der Waals surface area contributed by atoms with Gasteiger partial charge in [-0.3, -0.25) is 9.36 Å². The van der Waals surface area contributed by atoms with Gasteiger partial charge in [0.2, 0.25) is 11.9 Å². The van der Waals surface area contributed by atoms with Gasteiger partial charge in [-0.25, -0.2) is 4.39 Å². The highest BCUT2D eigenvalue weighted by atomic mass is 32.2. The first kappa shape index (κ1) is 19.6. The number of hydrogen-bond donors (Lipinski definition) is 1. The molecule has 2 aromatic rings. The van der Waals surface area contributed by atoms with Crippen LogP contribution in [0.1, 0.15) is 20.8 Å². The number of thioether (sulfide) groups is 1. The van der Waals surface area contributed by atoms with Crippen LogP contribution in [0.25, 0.3) is 5.69 Å². The van der Waals surface area contributed by atoms with Crippen molar-refractivity contribution in [2.75, 3.05) is 31.2 Å². The van der Waals surface area contributed by atoms with Gasteiger partial charge in [0.15, 0.2) is 5.16 Å². The maximum Gasteiger partial charge on any atom is 0.233 e. The monoisotopic (exact) mass is 393 g/mol. The van der Waals surface area contributed by atoms with Crippen LogP contribution in [0.5, 0.6) is 0 Å². The molecule has 1 saturated heterocycles. The zero-order valence-corrected chi connectivity index (χ0v) is 16.5. The summed E-state index contributed by atoms with van der Waals surface area (Å²) < 4.78 is 21.1. The number of aromatic nitrogens is 3. The molecule has 0 spiro atoms. The first-order valence-electron chi connectivity index (χ1n) is 8.97. The minimum atomic E-state index is -0.360. The molecule has 1 N–H and O–H groups in total. The van der Waals surface area contributed by atoms with E-state index in [2.05, 4.69) is 20.4 Å². The molecule has 1 aliphatic heterocycles. The van der Waals surface area contributed by atoms with Gasteiger partial charge in [0.25, 0.3) is 0 Å². The molecule has 1 unspecified atom stereocenters. The molecule has 3 rings (SSSR count). The van der Waals surface area contributed by atoms with Crippen LogP contribution in [-0.2, 0) is 9.53 Å². The third-order valence-corrected chi connectivity index (χ3v) is 5.10. The average Bonchev–Trinajstić information content (AvgIpc) is 3.05. The Morgan fingerprint density at radius 2 is 2.00 bits per heavy atom. The standard InChI is InChI=1S/C18H24FN5O2S/c1-12(2)20-16(25)13(3)27-18-22-21-17(23-7-9-26-10-8-23)24(18)15-6-4-5-14(19)11-15/h4-6,11-13H,7-10H2,1-3H3,(H,20,25). The summed E-state index contributed by atoms with van der Waals surface area (Å²) in [5.41, 5.74) is 0.625. The van der Waals surface area contributed by atoms with Gasteiger partial charge in [-0.1, -0.05) is 17.8 Å². The fourth-order valence-corrected chi connectivity index (χ4v) is 3.63. The smallest absolute Gasteiger partial charge is 0.233 e. The summed E-state index contributed by atoms with van der Waals surface area (Å²) in [7, 11) is 0. The fourth-order valence-electron chi connectivity index (χ4n) is 2.76. The lowest BCUT2D eigenvalue weighted by atomic mass is 10.3. The van der Waals surface area contributed by atoms with Gasteiger partial charge >= 0.3 is 0 Å². The first-order valence-corrected chi connectivity index (χ1v) is 9.84. The predicted molar refractivity (Wildman–Crippen MR) is 103 cm³/mol. The number of anilines is 1. The van der Waals surface area contributed by atoms with Gasteiger partial charge < -0.3 is 15.0 Å². The van der Waals surface area contributed by atoms with Gasteiger partial charge in [-0.2, -0.15) is 0 Å². The van der Waals surface area contributed by atoms with Gasteiger partial charge in [0, 0.05) is 19.1 Å². The molecule has 0 saturated carbocycles. The van der Waals surface area contributed by atoms with E-state index in [0.29, 0.717) is 43.1 Å². The summed E-state index contributed by atoms with van der Waals surface area (Å²) in [5.74, 6) is 0.218. The van der Waals surface area contributed by atoms with E-state index in [0.717, 1.165) is 0 Å². The molecule has 0 radical (unpaired) electrons. The average molecular weight is 393 g/mol. The van der Waals surface area contributed by atoms with Crippen LogP contribution in [0.4, 0.5) is 10.3 Å². The van der Waals surface area contributed by atoms with Crippen LogP contribution in [0.15, 0.2) is 29.4 Å². The summed E-state index contributed by atoms with van der Waals surface area (Å²) in [4.78, 5) is 14.4. The van der Waals surface area contributed by atoms with E-state index in [1.165, 1.54) is 23.9 Å². The van der Waals surface area contributed by atoms with E-state index in [1.54, 1.807) is 16.7 Å². The molecule has 27 heavy (non-hydrogen) atoms. The van der Waals surface area contributed by atoms with Gasteiger partial charge in [-0.15, -0.1) is 10.2 Å². The van der Waals surface area contributed by atoms with Crippen LogP contribution in [0, 0.1) is 5.82 Å². The lowest BCUT2D eigenvalue weighted by Crippen LogP contribution is -2.38. The van der Waals surface area contributed by atoms with Crippen molar-refractivity contribution in [2.45, 2.75) is 37.2 Å². The molecular formula is C18H24FN5O2S. The van der Waals surface area contributed by atoms with Crippen molar-refractivity contribution in [3.8, 4) is 5.69 Å². The van der Waals surface area contributed by atoms with E-state index in [-0.39, 0.29) is 23.0 Å². The summed E-state index contributed by atoms with van der Waals surface area (Å²) in [6.45, 7) is 8.23. The van der Waals surface area contributed by atoms with Crippen molar-refractivity contribution in [3.05, 3.63) is 30.1 Å². The van der Waals surface area contributed by atoms with Gasteiger partial charge in [0.05, 0.1) is 24.2 Å². The predicted octanol–water partition coefficient (Wildman–Crippen LogP) is 2.25. The highest BCUT2D eigenvalue weighted by molar-refractivity contribution is 8.00. The van der Waals surface area contributed by atoms with Crippen molar-refractivity contribution in [2.24, 2.45) is 0 Å². The number of rotatable bonds is 6. The SMILES string of the molecule is CC(C)NC(=O)C(C)Sc1nnc(N2CCOCC2)n1-c1cccc(F)c1. The van der Waals surface area contributed by atoms with Gasteiger partial charge in [0.1, 0.15) is 5.82 Å². The first-order chi connectivity index (χ1) is 13.0. The molecule has 1 aromatic heterocycles. The summed E-state index contributed by atoms with van der Waals surface area (Å²) >= 11 is 1.30. The number of halogens is 1. The van der Waals surface area contributed by atoms with Crippen LogP contribution < -0.4 is 10.2 Å². The molecule has 7 nitrogen and oxygen atoms in total. The zero-order chi connectivity index (χ0) is 19.4. The number of carbonyl (C=O) groups excluding carboxylic acids is 1. The van der Waals surface area contributed by atoms with Gasteiger partial charge in [-0.05, 0) is 39.0 Å². The number of morpholine rings is 1. The fraction of sp³-hybridized carbons (Fsp3) is 0.500. The quantitative estimate of drug-likeness (QED) is 0.759. The molecule has 1 fully saturated rings. The number of amides is 1. The Kier molecular flexibility index (Phi) is 6.33. The van der Waals surface area contributed by atoms with Crippen LogP contribution in [0.3, 0.4) is 0 Å². The third-order valence-electron chi connectivity index (χ3n) is 4.06. The van der Waals surface area contributed by atoms with Crippen molar-refractivity contribution in [3.63, 3.8) is 0 Å². The maximum atomic E-state index is 13.8. The van der Waals surface area contributed by atoms with E-state index in [1.807, 2.05) is 20.8 Å². The zero-order valence-electron chi connectivity index (χ0n) is 15.7. The molecule has 1 atom stereocenters. The highest BCUT2D eigenvalue weighted by Gasteiger charge is 2.25. The second kappa shape index (κ2) is 8.71. The van der Waals surface area contributed by atoms with Crippen molar-refractivity contribution in [1.29, 1.82) is 0 Å². The molecule has 0 aliphatic carbocycles. The van der Waals surface area contributed by atoms with Crippen LogP contribution in [-0.4, -0.2) is 58.3 Å². The lowest BCUT2D eigenvalue weighted by Gasteiger charge is -2.28. The van der Waals surface area contributed by atoms with E-state index in [9.17, 15) is 9.18 Å². The summed E-state index contributed by atoms with van der Waals surface area (Å²) in [6, 6.07) is 6.35. The van der Waals surface area contributed by atoms with Crippen LogP contribution in [0.2, 0.25) is 0 Å². The largest absolute Gasteiger partial charge is 0.378 e. The number of ether oxygens (including phenoxy) is 1. The summed E-state index contributed by atoms with van der Waals surface area (Å²) in [5, 5.41) is 11.7. The molecular weight excluding hydrogens is 369 g/mol. The third kappa shape index (κ3) is 4.78. The summed E-state index contributed by atoms with van der Waals surface area (Å²) in [6.07, 6.45) is 0. The molecule has 1 aliphatic rings.